The fourth-order valence-electron chi connectivity index (χ4n) is 3.18. The molecule has 0 amide bonds. The molecule has 0 heteroatoms. The fraction of sp³-hybridized carbons (Fsp3) is 1.00. The molecule has 3 aliphatic rings. The van der Waals surface area contributed by atoms with Crippen LogP contribution >= 0.6 is 0 Å². The van der Waals surface area contributed by atoms with E-state index in [2.05, 4.69) is 0 Å². The van der Waals surface area contributed by atoms with Gasteiger partial charge in [0.15, 0.2) is 0 Å². The van der Waals surface area contributed by atoms with Crippen molar-refractivity contribution in [3.63, 3.8) is 0 Å². The smallest absolute Gasteiger partial charge is 0 e. The van der Waals surface area contributed by atoms with E-state index in [1.54, 1.807) is 0 Å². The van der Waals surface area contributed by atoms with E-state index in [9.17, 15) is 0 Å². The summed E-state index contributed by atoms with van der Waals surface area (Å²) in [5, 5.41) is 0. The largest absolute Gasteiger partial charge is 0.0533 e. The average Bonchev–Trinajstić information content (AvgIpc) is 2.54. The van der Waals surface area contributed by atoms with Gasteiger partial charge in [0.05, 0.1) is 0 Å². The van der Waals surface area contributed by atoms with E-state index in [-0.39, 0.29) is 5.71 Å². The molecule has 0 nitrogen and oxygen atoms in total. The zero-order valence-corrected chi connectivity index (χ0v) is 12.7. The highest BCUT2D eigenvalue weighted by Gasteiger charge is 1.96. The van der Waals surface area contributed by atoms with E-state index in [1.165, 1.54) is 116 Å². The van der Waals surface area contributed by atoms with Crippen LogP contribution < -0.4 is 0 Å². The summed E-state index contributed by atoms with van der Waals surface area (Å²) >= 11 is 0. The average molecular weight is 261 g/mol. The lowest BCUT2D eigenvalue weighted by molar-refractivity contribution is 0.504. The van der Waals surface area contributed by atoms with E-state index in [4.69, 9.17) is 0 Å². The van der Waals surface area contributed by atoms with Gasteiger partial charge in [0.25, 0.3) is 0 Å². The molecule has 0 heterocycles. The van der Waals surface area contributed by atoms with E-state index in [0.29, 0.717) is 0 Å². The molecule has 3 fully saturated rings. The third-order valence-corrected chi connectivity index (χ3v) is 4.50. The number of hydrogen-bond donors (Lipinski definition) is 0. The van der Waals surface area contributed by atoms with Gasteiger partial charge in [-0.3, -0.25) is 0 Å². The van der Waals surface area contributed by atoms with E-state index in [1.807, 2.05) is 0 Å². The lowest BCUT2D eigenvalue weighted by atomic mass is 10.0. The van der Waals surface area contributed by atoms with Gasteiger partial charge in [0.1, 0.15) is 0 Å². The Hall–Kier alpha value is 0. The van der Waals surface area contributed by atoms with Crippen LogP contribution in [0.3, 0.4) is 0 Å². The van der Waals surface area contributed by atoms with Gasteiger partial charge >= 0.3 is 0 Å². The van der Waals surface area contributed by atoms with Gasteiger partial charge in [0.2, 0.25) is 0 Å². The van der Waals surface area contributed by atoms with Crippen molar-refractivity contribution in [1.29, 1.82) is 0 Å². The standard InChI is InChI=1S/3C6H12.4H2/c3*1-2-4-6-5-3-1;;;;/h3*1-6H2;4*1H. The van der Waals surface area contributed by atoms with Crippen LogP contribution in [0.25, 0.3) is 0 Å². The van der Waals surface area contributed by atoms with Crippen molar-refractivity contribution in [1.82, 2.24) is 0 Å². The normalized spacial score (nSPS) is 24.0. The molecule has 0 saturated heterocycles. The minimum atomic E-state index is 0. The Morgan fingerprint density at radius 1 is 0.167 bits per heavy atom. The van der Waals surface area contributed by atoms with Gasteiger partial charge in [-0.2, -0.15) is 0 Å². The quantitative estimate of drug-likeness (QED) is 0.414. The summed E-state index contributed by atoms with van der Waals surface area (Å²) in [5.74, 6) is 0. The van der Waals surface area contributed by atoms with Crippen LogP contribution in [0.5, 0.6) is 0 Å². The van der Waals surface area contributed by atoms with E-state index >= 15 is 0 Å². The van der Waals surface area contributed by atoms with Crippen LogP contribution in [-0.2, 0) is 0 Å². The van der Waals surface area contributed by atoms with Crippen LogP contribution in [0.4, 0.5) is 0 Å². The fourth-order valence-corrected chi connectivity index (χ4v) is 3.18. The maximum Gasteiger partial charge on any atom is 0 e. The second kappa shape index (κ2) is 13.4. The van der Waals surface area contributed by atoms with E-state index < -0.39 is 0 Å². The Balaban J connectivity index is -0.000000101. The molecule has 0 unspecified atom stereocenters. The van der Waals surface area contributed by atoms with Crippen molar-refractivity contribution in [2.24, 2.45) is 0 Å². The molecule has 3 rings (SSSR count). The second-order valence-electron chi connectivity index (χ2n) is 6.36. The molecule has 0 spiro atoms. The summed E-state index contributed by atoms with van der Waals surface area (Å²) in [6.07, 6.45) is 27.0. The molecule has 0 aromatic rings. The Kier molecular flexibility index (Phi) is 12.0. The van der Waals surface area contributed by atoms with Crippen molar-refractivity contribution in [2.45, 2.75) is 116 Å². The summed E-state index contributed by atoms with van der Waals surface area (Å²) in [7, 11) is 0. The molecule has 0 aromatic carbocycles. The topological polar surface area (TPSA) is 0 Å². The van der Waals surface area contributed by atoms with Crippen LogP contribution in [0.2, 0.25) is 0 Å². The second-order valence-corrected chi connectivity index (χ2v) is 6.36. The SMILES string of the molecule is C1CCCCC1.C1CCCCC1.C1CCCCC1.[HH].[HH].[HH].[HH]. The van der Waals surface area contributed by atoms with Crippen LogP contribution in [0, 0.1) is 0 Å². The van der Waals surface area contributed by atoms with Crippen LogP contribution in [0.15, 0.2) is 0 Å². The minimum Gasteiger partial charge on any atom is -0.0533 e. The lowest BCUT2D eigenvalue weighted by Crippen LogP contribution is -1.85. The first-order valence-electron chi connectivity index (χ1n) is 9.00. The Morgan fingerprint density at radius 3 is 0.278 bits per heavy atom. The number of hydrogen-bond acceptors (Lipinski definition) is 0. The highest BCUT2D eigenvalue weighted by molar-refractivity contribution is 4.52. The monoisotopic (exact) mass is 260 g/mol. The summed E-state index contributed by atoms with van der Waals surface area (Å²) in [4.78, 5) is 0. The molecule has 0 bridgehead atoms. The Labute approximate surface area is 122 Å². The van der Waals surface area contributed by atoms with E-state index in [0.717, 1.165) is 0 Å². The highest BCUT2D eigenvalue weighted by Crippen LogP contribution is 2.16. The van der Waals surface area contributed by atoms with Gasteiger partial charge in [-0.05, 0) is 0 Å². The minimum absolute atomic E-state index is 0. The first-order valence-corrected chi connectivity index (χ1v) is 9.00. The Bertz CT molecular complexity index is 90.1. The van der Waals surface area contributed by atoms with Gasteiger partial charge in [-0.25, -0.2) is 0 Å². The maximum absolute atomic E-state index is 1.50. The maximum atomic E-state index is 1.50. The summed E-state index contributed by atoms with van der Waals surface area (Å²) < 4.78 is 0. The molecule has 3 saturated carbocycles. The third-order valence-electron chi connectivity index (χ3n) is 4.50. The summed E-state index contributed by atoms with van der Waals surface area (Å²) in [5.41, 5.74) is 0. The Morgan fingerprint density at radius 2 is 0.222 bits per heavy atom. The van der Waals surface area contributed by atoms with Gasteiger partial charge in [0, 0.05) is 5.71 Å². The predicted octanol–water partition coefficient (Wildman–Crippen LogP) is 8.01. The molecule has 0 atom stereocenters. The summed E-state index contributed by atoms with van der Waals surface area (Å²) in [6.45, 7) is 0. The zero-order chi connectivity index (χ0) is 12.7. The first kappa shape index (κ1) is 16.1. The van der Waals surface area contributed by atoms with Gasteiger partial charge in [-0.15, -0.1) is 0 Å². The molecule has 0 aliphatic heterocycles. The molecule has 116 valence electrons. The molecular formula is C18H44. The molecule has 0 N–H and O–H groups in total. The van der Waals surface area contributed by atoms with Crippen molar-refractivity contribution < 1.29 is 5.71 Å². The summed E-state index contributed by atoms with van der Waals surface area (Å²) in [6, 6.07) is 0. The van der Waals surface area contributed by atoms with Crippen LogP contribution in [0.1, 0.15) is 121 Å². The zero-order valence-electron chi connectivity index (χ0n) is 12.7. The van der Waals surface area contributed by atoms with Crippen molar-refractivity contribution >= 4 is 0 Å². The molecule has 3 aliphatic carbocycles. The molecule has 0 aromatic heterocycles. The number of rotatable bonds is 0. The van der Waals surface area contributed by atoms with Gasteiger partial charge < -0.3 is 0 Å². The highest BCUT2D eigenvalue weighted by atomic mass is 14.0. The predicted molar refractivity (Wildman–Crippen MR) is 91.6 cm³/mol. The van der Waals surface area contributed by atoms with Crippen molar-refractivity contribution in [3.05, 3.63) is 0 Å². The van der Waals surface area contributed by atoms with Crippen LogP contribution in [-0.4, -0.2) is 0 Å². The first-order chi connectivity index (χ1) is 9.00. The molecule has 0 radical (unpaired) electrons. The third kappa shape index (κ3) is 11.1. The molecular weight excluding hydrogens is 216 g/mol. The lowest BCUT2D eigenvalue weighted by Gasteiger charge is -2.05. The van der Waals surface area contributed by atoms with Crippen molar-refractivity contribution in [3.8, 4) is 0 Å². The molecule has 18 heavy (non-hydrogen) atoms. The van der Waals surface area contributed by atoms with Crippen molar-refractivity contribution in [2.75, 3.05) is 0 Å². The van der Waals surface area contributed by atoms with Gasteiger partial charge in [-0.1, -0.05) is 116 Å².